The van der Waals surface area contributed by atoms with Gasteiger partial charge in [-0.1, -0.05) is 19.9 Å². The van der Waals surface area contributed by atoms with E-state index in [1.807, 2.05) is 6.07 Å². The first-order chi connectivity index (χ1) is 8.70. The van der Waals surface area contributed by atoms with Gasteiger partial charge in [-0.2, -0.15) is 0 Å². The Bertz CT molecular complexity index is 370. The Morgan fingerprint density at radius 3 is 2.78 bits per heavy atom. The van der Waals surface area contributed by atoms with E-state index < -0.39 is 0 Å². The van der Waals surface area contributed by atoms with Gasteiger partial charge in [0.2, 0.25) is 0 Å². The zero-order valence-electron chi connectivity index (χ0n) is 11.4. The topological polar surface area (TPSA) is 54.2 Å². The Morgan fingerprint density at radius 1 is 1.44 bits per heavy atom. The molecule has 4 nitrogen and oxygen atoms in total. The summed E-state index contributed by atoms with van der Waals surface area (Å²) in [4.78, 5) is 6.74. The number of hydrogen-bond donors (Lipinski definition) is 2. The summed E-state index contributed by atoms with van der Waals surface area (Å²) < 4.78 is 0. The average Bonchev–Trinajstić information content (AvgIpc) is 2.40. The SMILES string of the molecule is CC(C)C1CCN(Cc2cccnc2NN)CC1. The van der Waals surface area contributed by atoms with E-state index >= 15 is 0 Å². The molecule has 1 saturated heterocycles. The highest BCUT2D eigenvalue weighted by atomic mass is 15.3. The second-order valence-electron chi connectivity index (χ2n) is 5.51. The van der Waals surface area contributed by atoms with Crippen LogP contribution < -0.4 is 11.3 Å². The van der Waals surface area contributed by atoms with Crippen molar-refractivity contribution < 1.29 is 0 Å². The first-order valence-electron chi connectivity index (χ1n) is 6.83. The zero-order valence-corrected chi connectivity index (χ0v) is 11.4. The van der Waals surface area contributed by atoms with Gasteiger partial charge in [0.15, 0.2) is 0 Å². The molecule has 0 radical (unpaired) electrons. The molecule has 2 heterocycles. The maximum absolute atomic E-state index is 5.49. The number of hydrazine groups is 1. The Hall–Kier alpha value is -1.13. The molecule has 100 valence electrons. The molecule has 0 amide bonds. The van der Waals surface area contributed by atoms with Gasteiger partial charge in [-0.25, -0.2) is 10.8 Å². The molecule has 1 aromatic heterocycles. The van der Waals surface area contributed by atoms with E-state index in [4.69, 9.17) is 5.84 Å². The number of rotatable bonds is 4. The molecular weight excluding hydrogens is 224 g/mol. The van der Waals surface area contributed by atoms with Crippen LogP contribution in [0.3, 0.4) is 0 Å². The van der Waals surface area contributed by atoms with E-state index in [1.54, 1.807) is 6.20 Å². The predicted molar refractivity (Wildman–Crippen MR) is 74.9 cm³/mol. The van der Waals surface area contributed by atoms with E-state index in [2.05, 4.69) is 35.2 Å². The molecule has 0 atom stereocenters. The van der Waals surface area contributed by atoms with Gasteiger partial charge in [0.05, 0.1) is 0 Å². The van der Waals surface area contributed by atoms with Crippen LogP contribution in [0.4, 0.5) is 5.82 Å². The van der Waals surface area contributed by atoms with Crippen molar-refractivity contribution in [2.75, 3.05) is 18.5 Å². The number of piperidine rings is 1. The van der Waals surface area contributed by atoms with Crippen LogP contribution in [0.1, 0.15) is 32.3 Å². The summed E-state index contributed by atoms with van der Waals surface area (Å²) >= 11 is 0. The van der Waals surface area contributed by atoms with Gasteiger partial charge in [-0.15, -0.1) is 0 Å². The second-order valence-corrected chi connectivity index (χ2v) is 5.51. The fourth-order valence-electron chi connectivity index (χ4n) is 2.71. The van der Waals surface area contributed by atoms with Crippen molar-refractivity contribution in [3.05, 3.63) is 23.9 Å². The number of nitrogens with zero attached hydrogens (tertiary/aromatic N) is 2. The van der Waals surface area contributed by atoms with Crippen molar-refractivity contribution in [3.8, 4) is 0 Å². The van der Waals surface area contributed by atoms with Gasteiger partial charge in [0.25, 0.3) is 0 Å². The Balaban J connectivity index is 1.91. The molecular formula is C14H24N4. The van der Waals surface area contributed by atoms with Crippen molar-refractivity contribution in [1.29, 1.82) is 0 Å². The van der Waals surface area contributed by atoms with Gasteiger partial charge in [0, 0.05) is 18.3 Å². The largest absolute Gasteiger partial charge is 0.308 e. The van der Waals surface area contributed by atoms with Crippen molar-refractivity contribution >= 4 is 5.82 Å². The van der Waals surface area contributed by atoms with E-state index in [-0.39, 0.29) is 0 Å². The number of aromatic nitrogens is 1. The van der Waals surface area contributed by atoms with Gasteiger partial charge >= 0.3 is 0 Å². The molecule has 3 N–H and O–H groups in total. The number of likely N-dealkylation sites (tertiary alicyclic amines) is 1. The van der Waals surface area contributed by atoms with Crippen LogP contribution >= 0.6 is 0 Å². The third-order valence-corrected chi connectivity index (χ3v) is 4.00. The predicted octanol–water partition coefficient (Wildman–Crippen LogP) is 2.24. The van der Waals surface area contributed by atoms with Gasteiger partial charge in [-0.3, -0.25) is 4.90 Å². The van der Waals surface area contributed by atoms with Crippen LogP contribution in [-0.4, -0.2) is 23.0 Å². The monoisotopic (exact) mass is 248 g/mol. The number of hydrogen-bond acceptors (Lipinski definition) is 4. The van der Waals surface area contributed by atoms with Crippen LogP contribution in [0.2, 0.25) is 0 Å². The molecule has 0 aliphatic carbocycles. The maximum atomic E-state index is 5.49. The standard InChI is InChI=1S/C14H24N4/c1-11(2)12-5-8-18(9-6-12)10-13-4-3-7-16-14(13)17-15/h3-4,7,11-12H,5-6,8-10,15H2,1-2H3,(H,16,17). The van der Waals surface area contributed by atoms with Gasteiger partial charge < -0.3 is 5.43 Å². The first-order valence-corrected chi connectivity index (χ1v) is 6.83. The Kier molecular flexibility index (Phi) is 4.55. The Morgan fingerprint density at radius 2 is 2.17 bits per heavy atom. The lowest BCUT2D eigenvalue weighted by Gasteiger charge is -2.34. The summed E-state index contributed by atoms with van der Waals surface area (Å²) in [6.45, 7) is 7.97. The van der Waals surface area contributed by atoms with Crippen molar-refractivity contribution in [2.45, 2.75) is 33.2 Å². The average molecular weight is 248 g/mol. The van der Waals surface area contributed by atoms with E-state index in [0.29, 0.717) is 0 Å². The molecule has 1 aromatic rings. The third kappa shape index (κ3) is 3.21. The lowest BCUT2D eigenvalue weighted by atomic mass is 9.86. The zero-order chi connectivity index (χ0) is 13.0. The molecule has 18 heavy (non-hydrogen) atoms. The quantitative estimate of drug-likeness (QED) is 0.634. The van der Waals surface area contributed by atoms with Crippen LogP contribution in [0.5, 0.6) is 0 Å². The smallest absolute Gasteiger partial charge is 0.144 e. The van der Waals surface area contributed by atoms with E-state index in [1.165, 1.54) is 31.5 Å². The minimum atomic E-state index is 0.795. The first kappa shape index (κ1) is 13.3. The van der Waals surface area contributed by atoms with Gasteiger partial charge in [-0.05, 0) is 43.8 Å². The van der Waals surface area contributed by atoms with Crippen molar-refractivity contribution in [1.82, 2.24) is 9.88 Å². The van der Waals surface area contributed by atoms with Crippen molar-refractivity contribution in [3.63, 3.8) is 0 Å². The molecule has 0 spiro atoms. The fourth-order valence-corrected chi connectivity index (χ4v) is 2.71. The minimum absolute atomic E-state index is 0.795. The molecule has 0 unspecified atom stereocenters. The summed E-state index contributed by atoms with van der Waals surface area (Å²) in [5, 5.41) is 0. The van der Waals surface area contributed by atoms with Crippen LogP contribution in [0, 0.1) is 11.8 Å². The summed E-state index contributed by atoms with van der Waals surface area (Å²) in [7, 11) is 0. The van der Waals surface area contributed by atoms with Crippen LogP contribution in [-0.2, 0) is 6.54 Å². The molecule has 1 aliphatic rings. The molecule has 1 fully saturated rings. The number of nitrogens with two attached hydrogens (primary N) is 1. The molecule has 4 heteroatoms. The molecule has 0 saturated carbocycles. The minimum Gasteiger partial charge on any atom is -0.308 e. The normalized spacial score (nSPS) is 18.2. The summed E-state index contributed by atoms with van der Waals surface area (Å²) in [6, 6.07) is 4.06. The highest BCUT2D eigenvalue weighted by Gasteiger charge is 2.21. The van der Waals surface area contributed by atoms with E-state index in [9.17, 15) is 0 Å². The lowest BCUT2D eigenvalue weighted by molar-refractivity contribution is 0.152. The number of nitrogen functional groups attached to an aromatic ring is 1. The molecule has 0 bridgehead atoms. The van der Waals surface area contributed by atoms with Crippen LogP contribution in [0.25, 0.3) is 0 Å². The van der Waals surface area contributed by atoms with Crippen molar-refractivity contribution in [2.24, 2.45) is 17.7 Å². The third-order valence-electron chi connectivity index (χ3n) is 4.00. The second kappa shape index (κ2) is 6.16. The lowest BCUT2D eigenvalue weighted by Crippen LogP contribution is -2.35. The summed E-state index contributed by atoms with van der Waals surface area (Å²) in [5.41, 5.74) is 3.86. The highest BCUT2D eigenvalue weighted by molar-refractivity contribution is 5.42. The van der Waals surface area contributed by atoms with Gasteiger partial charge in [0.1, 0.15) is 5.82 Å². The maximum Gasteiger partial charge on any atom is 0.144 e. The number of pyridine rings is 1. The summed E-state index contributed by atoms with van der Waals surface area (Å²) in [5.74, 6) is 7.98. The number of anilines is 1. The molecule has 2 rings (SSSR count). The molecule has 1 aliphatic heterocycles. The number of nitrogens with one attached hydrogen (secondary N) is 1. The highest BCUT2D eigenvalue weighted by Crippen LogP contribution is 2.25. The van der Waals surface area contributed by atoms with E-state index in [0.717, 1.165) is 24.2 Å². The molecule has 0 aromatic carbocycles. The summed E-state index contributed by atoms with van der Waals surface area (Å²) in [6.07, 6.45) is 4.39. The van der Waals surface area contributed by atoms with Crippen LogP contribution in [0.15, 0.2) is 18.3 Å². The Labute approximate surface area is 110 Å². The fraction of sp³-hybridized carbons (Fsp3) is 0.643.